The van der Waals surface area contributed by atoms with Crippen LogP contribution in [-0.4, -0.2) is 58.2 Å². The van der Waals surface area contributed by atoms with Crippen molar-refractivity contribution < 1.29 is 23.8 Å². The maximum atomic E-state index is 12.0. The summed E-state index contributed by atoms with van der Waals surface area (Å²) in [4.78, 5) is 12.0. The largest absolute Gasteiger partial charge is 0.459 e. The van der Waals surface area contributed by atoms with E-state index < -0.39 is 32.6 Å². The highest BCUT2D eigenvalue weighted by Crippen LogP contribution is 2.39. The third-order valence-corrected chi connectivity index (χ3v) is 9.67. The molecule has 0 saturated carbocycles. The average Bonchev–Trinajstić information content (AvgIpc) is 2.79. The first-order valence-corrected chi connectivity index (χ1v) is 11.7. The molecule has 0 amide bonds. The Balaban J connectivity index is 1.95. The van der Waals surface area contributed by atoms with E-state index in [0.29, 0.717) is 5.56 Å². The molecule has 1 aliphatic rings. The minimum atomic E-state index is -2.03. The molecule has 1 aliphatic heterocycles. The van der Waals surface area contributed by atoms with Crippen molar-refractivity contribution in [2.24, 2.45) is 0 Å². The zero-order valence-electron chi connectivity index (χ0n) is 16.0. The summed E-state index contributed by atoms with van der Waals surface area (Å²) in [5.41, 5.74) is 0.483. The SMILES string of the molecule is B[C@@H]1O[C@H](COC(=O)c2ccccc2)[C@H](O)C1O[Si](C)(C)C(C)(C)C. The second-order valence-corrected chi connectivity index (χ2v) is 12.9. The molecular formula is C18H29BO5Si. The minimum absolute atomic E-state index is 0.0105. The number of ether oxygens (including phenoxy) is 2. The first-order chi connectivity index (χ1) is 11.5. The second-order valence-electron chi connectivity index (χ2n) is 8.18. The standard InChI is InChI=1S/C18H29BO5Si/c1-18(2,3)25(4,5)24-15-14(20)13(23-16(15)19)11-22-17(21)12-9-7-6-8-10-12/h6-10,13-16,20H,11,19H2,1-5H3/t13-,14+,15?,16-/m1/s1. The van der Waals surface area contributed by atoms with E-state index in [1.807, 2.05) is 13.9 Å². The number of carbonyl (C=O) groups is 1. The van der Waals surface area contributed by atoms with Gasteiger partial charge in [-0.1, -0.05) is 39.0 Å². The molecule has 0 radical (unpaired) electrons. The molecule has 1 aromatic rings. The predicted octanol–water partition coefficient (Wildman–Crippen LogP) is 1.95. The molecule has 0 aliphatic carbocycles. The molecule has 1 unspecified atom stereocenters. The van der Waals surface area contributed by atoms with Gasteiger partial charge in [0.15, 0.2) is 8.32 Å². The first-order valence-electron chi connectivity index (χ1n) is 8.76. The Kier molecular flexibility index (Phi) is 6.14. The number of aliphatic hydroxyl groups excluding tert-OH is 1. The van der Waals surface area contributed by atoms with E-state index in [1.165, 1.54) is 0 Å². The third-order valence-electron chi connectivity index (χ3n) is 5.19. The van der Waals surface area contributed by atoms with Gasteiger partial charge in [0, 0.05) is 0 Å². The van der Waals surface area contributed by atoms with Crippen LogP contribution >= 0.6 is 0 Å². The Morgan fingerprint density at radius 1 is 1.28 bits per heavy atom. The van der Waals surface area contributed by atoms with E-state index >= 15 is 0 Å². The molecule has 5 nitrogen and oxygen atoms in total. The van der Waals surface area contributed by atoms with Crippen molar-refractivity contribution >= 4 is 22.1 Å². The summed E-state index contributed by atoms with van der Waals surface area (Å²) >= 11 is 0. The summed E-state index contributed by atoms with van der Waals surface area (Å²) in [5, 5.41) is 10.7. The Hall–Kier alpha value is -1.15. The van der Waals surface area contributed by atoms with Crippen LogP contribution in [0.1, 0.15) is 31.1 Å². The zero-order valence-corrected chi connectivity index (χ0v) is 17.0. The number of hydrogen-bond acceptors (Lipinski definition) is 5. The highest BCUT2D eigenvalue weighted by atomic mass is 28.4. The van der Waals surface area contributed by atoms with Gasteiger partial charge in [-0.25, -0.2) is 4.79 Å². The molecule has 0 aromatic heterocycles. The summed E-state index contributed by atoms with van der Waals surface area (Å²) in [6.07, 6.45) is -1.79. The smallest absolute Gasteiger partial charge is 0.338 e. The van der Waals surface area contributed by atoms with Crippen LogP contribution < -0.4 is 0 Å². The van der Waals surface area contributed by atoms with Gasteiger partial charge in [0.2, 0.25) is 0 Å². The molecule has 4 atom stereocenters. The van der Waals surface area contributed by atoms with E-state index in [4.69, 9.17) is 13.9 Å². The third kappa shape index (κ3) is 4.73. The maximum absolute atomic E-state index is 12.0. The van der Waals surface area contributed by atoms with E-state index in [9.17, 15) is 9.90 Å². The number of rotatable bonds is 5. The lowest BCUT2D eigenvalue weighted by atomic mass is 9.93. The average molecular weight is 364 g/mol. The molecule has 0 spiro atoms. The van der Waals surface area contributed by atoms with Crippen LogP contribution in [0, 0.1) is 0 Å². The molecule has 25 heavy (non-hydrogen) atoms. The zero-order chi connectivity index (χ0) is 18.8. The fraction of sp³-hybridized carbons (Fsp3) is 0.611. The van der Waals surface area contributed by atoms with Crippen molar-refractivity contribution in [3.63, 3.8) is 0 Å². The summed E-state index contributed by atoms with van der Waals surface area (Å²) in [7, 11) is -0.139. The fourth-order valence-electron chi connectivity index (χ4n) is 2.56. The van der Waals surface area contributed by atoms with E-state index in [1.54, 1.807) is 24.3 Å². The molecule has 7 heteroatoms. The van der Waals surface area contributed by atoms with E-state index in [2.05, 4.69) is 33.9 Å². The molecular weight excluding hydrogens is 335 g/mol. The lowest BCUT2D eigenvalue weighted by Crippen LogP contribution is -2.49. The summed E-state index contributed by atoms with van der Waals surface area (Å²) in [6.45, 7) is 10.8. The van der Waals surface area contributed by atoms with Crippen LogP contribution in [-0.2, 0) is 13.9 Å². The Bertz CT molecular complexity index is 587. The number of aliphatic hydroxyl groups is 1. The predicted molar refractivity (Wildman–Crippen MR) is 102 cm³/mol. The number of carbonyl (C=O) groups excluding carboxylic acids is 1. The Morgan fingerprint density at radius 2 is 1.88 bits per heavy atom. The maximum Gasteiger partial charge on any atom is 0.338 e. The van der Waals surface area contributed by atoms with E-state index in [0.717, 1.165) is 0 Å². The molecule has 1 fully saturated rings. The first kappa shape index (κ1) is 20.2. The Labute approximate surface area is 152 Å². The van der Waals surface area contributed by atoms with Crippen molar-refractivity contribution in [2.75, 3.05) is 6.61 Å². The Morgan fingerprint density at radius 3 is 2.44 bits per heavy atom. The van der Waals surface area contributed by atoms with Crippen molar-refractivity contribution in [2.45, 2.75) is 63.2 Å². The van der Waals surface area contributed by atoms with Crippen LogP contribution in [0.2, 0.25) is 18.1 Å². The van der Waals surface area contributed by atoms with Crippen LogP contribution in [0.25, 0.3) is 0 Å². The van der Waals surface area contributed by atoms with Crippen molar-refractivity contribution in [3.8, 4) is 0 Å². The highest BCUT2D eigenvalue weighted by Gasteiger charge is 2.48. The van der Waals surface area contributed by atoms with E-state index in [-0.39, 0.29) is 17.6 Å². The lowest BCUT2D eigenvalue weighted by Gasteiger charge is -2.39. The molecule has 1 saturated heterocycles. The van der Waals surface area contributed by atoms with Gasteiger partial charge in [-0.3, -0.25) is 0 Å². The second kappa shape index (κ2) is 7.62. The van der Waals surface area contributed by atoms with Crippen LogP contribution in [0.3, 0.4) is 0 Å². The number of benzene rings is 1. The van der Waals surface area contributed by atoms with Crippen molar-refractivity contribution in [1.29, 1.82) is 0 Å². The molecule has 0 bridgehead atoms. The quantitative estimate of drug-likeness (QED) is 0.639. The molecule has 138 valence electrons. The van der Waals surface area contributed by atoms with Gasteiger partial charge in [-0.15, -0.1) is 0 Å². The van der Waals surface area contributed by atoms with Gasteiger partial charge in [0.25, 0.3) is 0 Å². The topological polar surface area (TPSA) is 65.0 Å². The fourth-order valence-corrected chi connectivity index (χ4v) is 3.92. The normalized spacial score (nSPS) is 27.3. The van der Waals surface area contributed by atoms with Gasteiger partial charge in [-0.2, -0.15) is 0 Å². The van der Waals surface area contributed by atoms with Crippen LogP contribution in [0.5, 0.6) is 0 Å². The van der Waals surface area contributed by atoms with Crippen LogP contribution in [0.15, 0.2) is 30.3 Å². The molecule has 1 aromatic carbocycles. The monoisotopic (exact) mass is 364 g/mol. The van der Waals surface area contributed by atoms with Crippen molar-refractivity contribution in [1.82, 2.24) is 0 Å². The van der Waals surface area contributed by atoms with Gasteiger partial charge in [-0.05, 0) is 30.3 Å². The number of esters is 1. The van der Waals surface area contributed by atoms with Crippen LogP contribution in [0.4, 0.5) is 0 Å². The van der Waals surface area contributed by atoms with Gasteiger partial charge in [0.1, 0.15) is 26.7 Å². The van der Waals surface area contributed by atoms with Crippen molar-refractivity contribution in [3.05, 3.63) is 35.9 Å². The molecule has 2 rings (SSSR count). The number of hydrogen-bond donors (Lipinski definition) is 1. The summed E-state index contributed by atoms with van der Waals surface area (Å²) < 4.78 is 17.4. The minimum Gasteiger partial charge on any atom is -0.459 e. The summed E-state index contributed by atoms with van der Waals surface area (Å²) in [6, 6.07) is 8.54. The van der Waals surface area contributed by atoms with Gasteiger partial charge in [0.05, 0.1) is 17.7 Å². The highest BCUT2D eigenvalue weighted by molar-refractivity contribution is 6.74. The lowest BCUT2D eigenvalue weighted by molar-refractivity contribution is -0.0226. The summed E-state index contributed by atoms with van der Waals surface area (Å²) in [5.74, 6) is -0.419. The molecule has 1 heterocycles. The van der Waals surface area contributed by atoms with Gasteiger partial charge < -0.3 is 19.0 Å². The van der Waals surface area contributed by atoms with Gasteiger partial charge >= 0.3 is 5.97 Å². The molecule has 1 N–H and O–H groups in total.